The van der Waals surface area contributed by atoms with Gasteiger partial charge in [-0.2, -0.15) is 0 Å². The lowest BCUT2D eigenvalue weighted by Crippen LogP contribution is -2.55. The van der Waals surface area contributed by atoms with Crippen LogP contribution >= 0.6 is 0 Å². The predicted molar refractivity (Wildman–Crippen MR) is 64.5 cm³/mol. The summed E-state index contributed by atoms with van der Waals surface area (Å²) in [5.74, 6) is 2.74. The molecule has 0 aliphatic carbocycles. The quantitative estimate of drug-likeness (QED) is 0.610. The van der Waals surface area contributed by atoms with Crippen LogP contribution in [0.2, 0.25) is 0 Å². The van der Waals surface area contributed by atoms with E-state index in [1.165, 1.54) is 0 Å². The van der Waals surface area contributed by atoms with E-state index in [0.717, 1.165) is 32.7 Å². The number of nitrogens with zero attached hydrogens (tertiary/aromatic N) is 2. The number of ether oxygens (including phenoxy) is 1. The zero-order valence-electron chi connectivity index (χ0n) is 10.0. The first-order chi connectivity index (χ1) is 8.31. The Morgan fingerprint density at radius 2 is 2.18 bits per heavy atom. The van der Waals surface area contributed by atoms with Gasteiger partial charge in [-0.3, -0.25) is 9.69 Å². The van der Waals surface area contributed by atoms with Crippen LogP contribution in [-0.2, 0) is 9.53 Å². The molecule has 0 aromatic heterocycles. The van der Waals surface area contributed by atoms with E-state index in [0.29, 0.717) is 19.7 Å². The Balaban J connectivity index is 1.79. The van der Waals surface area contributed by atoms with Gasteiger partial charge in [0, 0.05) is 39.3 Å². The fraction of sp³-hybridized carbons (Fsp3) is 0.750. The number of carbonyl (C=O) groups excluding carboxylic acids is 1. The molecule has 1 unspecified atom stereocenters. The number of hydrogen-bond acceptors (Lipinski definition) is 4. The molecular weight excluding hydrogens is 218 g/mol. The molecule has 2 aliphatic rings. The van der Waals surface area contributed by atoms with Crippen LogP contribution in [0, 0.1) is 12.3 Å². The first-order valence-electron chi connectivity index (χ1n) is 6.08. The van der Waals surface area contributed by atoms with Crippen LogP contribution in [-0.4, -0.2) is 74.2 Å². The topological polar surface area (TPSA) is 44.8 Å². The van der Waals surface area contributed by atoms with Crippen LogP contribution in [0.4, 0.5) is 0 Å². The van der Waals surface area contributed by atoms with Crippen LogP contribution in [0.15, 0.2) is 0 Å². The van der Waals surface area contributed by atoms with Crippen molar-refractivity contribution in [1.82, 2.24) is 15.1 Å². The van der Waals surface area contributed by atoms with Gasteiger partial charge >= 0.3 is 0 Å². The van der Waals surface area contributed by atoms with E-state index in [1.54, 1.807) is 0 Å². The van der Waals surface area contributed by atoms with E-state index < -0.39 is 0 Å². The second kappa shape index (κ2) is 6.01. The second-order valence-corrected chi connectivity index (χ2v) is 4.37. The second-order valence-electron chi connectivity index (χ2n) is 4.37. The number of carbonyl (C=O) groups is 1. The van der Waals surface area contributed by atoms with Crippen LogP contribution < -0.4 is 5.32 Å². The minimum atomic E-state index is -0.303. The first kappa shape index (κ1) is 12.4. The van der Waals surface area contributed by atoms with Gasteiger partial charge in [0.25, 0.3) is 5.91 Å². The van der Waals surface area contributed by atoms with Crippen molar-refractivity contribution in [2.75, 3.05) is 52.4 Å². The van der Waals surface area contributed by atoms with Gasteiger partial charge < -0.3 is 15.0 Å². The van der Waals surface area contributed by atoms with Gasteiger partial charge in [0.05, 0.1) is 13.2 Å². The minimum Gasteiger partial charge on any atom is -0.366 e. The van der Waals surface area contributed by atoms with Gasteiger partial charge in [-0.15, -0.1) is 6.42 Å². The Morgan fingerprint density at radius 3 is 2.76 bits per heavy atom. The van der Waals surface area contributed by atoms with Crippen molar-refractivity contribution in [1.29, 1.82) is 0 Å². The average Bonchev–Trinajstić information content (AvgIpc) is 2.40. The van der Waals surface area contributed by atoms with Crippen molar-refractivity contribution in [2.45, 2.75) is 6.10 Å². The SMILES string of the molecule is C#CCN1CCN(C(=O)C2CNCCO2)CC1. The van der Waals surface area contributed by atoms with Crippen molar-refractivity contribution in [3.63, 3.8) is 0 Å². The third-order valence-electron chi connectivity index (χ3n) is 3.20. The third-order valence-corrected chi connectivity index (χ3v) is 3.20. The van der Waals surface area contributed by atoms with Crippen molar-refractivity contribution in [3.05, 3.63) is 0 Å². The summed E-state index contributed by atoms with van der Waals surface area (Å²) < 4.78 is 5.47. The molecule has 94 valence electrons. The monoisotopic (exact) mass is 237 g/mol. The predicted octanol–water partition coefficient (Wildman–Crippen LogP) is -1.25. The highest BCUT2D eigenvalue weighted by Crippen LogP contribution is 2.07. The van der Waals surface area contributed by atoms with Gasteiger partial charge in [0.15, 0.2) is 0 Å². The summed E-state index contributed by atoms with van der Waals surface area (Å²) in [5, 5.41) is 3.17. The summed E-state index contributed by atoms with van der Waals surface area (Å²) in [6, 6.07) is 0. The highest BCUT2D eigenvalue weighted by molar-refractivity contribution is 5.81. The maximum absolute atomic E-state index is 12.1. The minimum absolute atomic E-state index is 0.109. The lowest BCUT2D eigenvalue weighted by molar-refractivity contribution is -0.146. The van der Waals surface area contributed by atoms with Crippen molar-refractivity contribution in [2.24, 2.45) is 0 Å². The number of rotatable bonds is 2. The summed E-state index contributed by atoms with van der Waals surface area (Å²) in [6.07, 6.45) is 4.97. The summed E-state index contributed by atoms with van der Waals surface area (Å²) in [5.41, 5.74) is 0. The summed E-state index contributed by atoms with van der Waals surface area (Å²) in [7, 11) is 0. The third kappa shape index (κ3) is 3.19. The van der Waals surface area contributed by atoms with Crippen molar-refractivity contribution in [3.8, 4) is 12.3 Å². The smallest absolute Gasteiger partial charge is 0.253 e. The maximum Gasteiger partial charge on any atom is 0.253 e. The van der Waals surface area contributed by atoms with Gasteiger partial charge in [-0.1, -0.05) is 5.92 Å². The summed E-state index contributed by atoms with van der Waals surface area (Å²) in [4.78, 5) is 16.2. The highest BCUT2D eigenvalue weighted by Gasteiger charge is 2.28. The molecule has 0 bridgehead atoms. The summed E-state index contributed by atoms with van der Waals surface area (Å²) >= 11 is 0. The normalized spacial score (nSPS) is 26.5. The van der Waals surface area contributed by atoms with E-state index in [-0.39, 0.29) is 12.0 Å². The number of nitrogens with one attached hydrogen (secondary N) is 1. The number of hydrogen-bond donors (Lipinski definition) is 1. The fourth-order valence-electron chi connectivity index (χ4n) is 2.18. The molecule has 2 aliphatic heterocycles. The molecule has 0 aromatic carbocycles. The Bertz CT molecular complexity index is 299. The van der Waals surface area contributed by atoms with E-state index >= 15 is 0 Å². The molecule has 0 spiro atoms. The molecule has 2 fully saturated rings. The molecule has 5 nitrogen and oxygen atoms in total. The standard InChI is InChI=1S/C12H19N3O2/c1-2-4-14-5-7-15(8-6-14)12(16)11-10-13-3-9-17-11/h1,11,13H,3-10H2. The molecular formula is C12H19N3O2. The number of amides is 1. The number of piperazine rings is 1. The molecule has 1 amide bonds. The Kier molecular flexibility index (Phi) is 4.37. The Labute approximate surface area is 102 Å². The van der Waals surface area contributed by atoms with E-state index in [2.05, 4.69) is 16.1 Å². The van der Waals surface area contributed by atoms with Gasteiger partial charge in [0.1, 0.15) is 6.10 Å². The molecule has 2 heterocycles. The average molecular weight is 237 g/mol. The molecule has 2 rings (SSSR count). The lowest BCUT2D eigenvalue weighted by Gasteiger charge is -2.36. The van der Waals surface area contributed by atoms with Gasteiger partial charge in [-0.05, 0) is 0 Å². The van der Waals surface area contributed by atoms with E-state index in [9.17, 15) is 4.79 Å². The Morgan fingerprint density at radius 1 is 1.41 bits per heavy atom. The number of terminal acetylenes is 1. The maximum atomic E-state index is 12.1. The highest BCUT2D eigenvalue weighted by atomic mass is 16.5. The van der Waals surface area contributed by atoms with Crippen LogP contribution in [0.25, 0.3) is 0 Å². The van der Waals surface area contributed by atoms with Crippen molar-refractivity contribution < 1.29 is 9.53 Å². The largest absolute Gasteiger partial charge is 0.366 e. The fourth-order valence-corrected chi connectivity index (χ4v) is 2.18. The molecule has 0 radical (unpaired) electrons. The van der Waals surface area contributed by atoms with Crippen LogP contribution in [0.3, 0.4) is 0 Å². The Hall–Kier alpha value is -1.09. The van der Waals surface area contributed by atoms with E-state index in [1.807, 2.05) is 4.90 Å². The van der Waals surface area contributed by atoms with Crippen LogP contribution in [0.1, 0.15) is 0 Å². The molecule has 1 N–H and O–H groups in total. The molecule has 5 heteroatoms. The number of morpholine rings is 1. The molecule has 0 aromatic rings. The zero-order chi connectivity index (χ0) is 12.1. The van der Waals surface area contributed by atoms with Gasteiger partial charge in [0.2, 0.25) is 0 Å². The summed E-state index contributed by atoms with van der Waals surface area (Å²) in [6.45, 7) is 5.97. The van der Waals surface area contributed by atoms with E-state index in [4.69, 9.17) is 11.2 Å². The lowest BCUT2D eigenvalue weighted by atomic mass is 10.2. The molecule has 2 saturated heterocycles. The zero-order valence-corrected chi connectivity index (χ0v) is 10.0. The first-order valence-corrected chi connectivity index (χ1v) is 6.08. The van der Waals surface area contributed by atoms with Gasteiger partial charge in [-0.25, -0.2) is 0 Å². The molecule has 0 saturated carbocycles. The molecule has 1 atom stereocenters. The van der Waals surface area contributed by atoms with Crippen LogP contribution in [0.5, 0.6) is 0 Å². The molecule has 17 heavy (non-hydrogen) atoms. The van der Waals surface area contributed by atoms with Crippen molar-refractivity contribution >= 4 is 5.91 Å².